The van der Waals surface area contributed by atoms with Gasteiger partial charge in [-0.15, -0.1) is 6.58 Å². The summed E-state index contributed by atoms with van der Waals surface area (Å²) in [6, 6.07) is 4.35. The molecule has 88 valence electrons. The first-order valence-corrected chi connectivity index (χ1v) is 5.57. The van der Waals surface area contributed by atoms with Crippen molar-refractivity contribution in [1.82, 2.24) is 0 Å². The van der Waals surface area contributed by atoms with Crippen molar-refractivity contribution in [2.24, 2.45) is 0 Å². The zero-order valence-electron chi connectivity index (χ0n) is 10.4. The van der Waals surface area contributed by atoms with Crippen molar-refractivity contribution in [2.75, 3.05) is 37.1 Å². The third-order valence-electron chi connectivity index (χ3n) is 2.62. The van der Waals surface area contributed by atoms with E-state index in [2.05, 4.69) is 34.7 Å². The lowest BCUT2D eigenvalue weighted by molar-refractivity contribution is 1.00. The van der Waals surface area contributed by atoms with Gasteiger partial charge < -0.3 is 16.0 Å². The molecule has 0 bridgehead atoms. The number of benzene rings is 1. The van der Waals surface area contributed by atoms with Crippen molar-refractivity contribution in [2.45, 2.75) is 12.8 Å². The number of rotatable bonds is 6. The van der Waals surface area contributed by atoms with Crippen LogP contribution in [-0.2, 0) is 6.42 Å². The predicted octanol–water partition coefficient (Wildman–Crippen LogP) is 2.93. The number of hydrogen-bond acceptors (Lipinski definition) is 3. The molecule has 3 heteroatoms. The van der Waals surface area contributed by atoms with Crippen molar-refractivity contribution in [3.8, 4) is 0 Å². The van der Waals surface area contributed by atoms with Crippen LogP contribution in [0.2, 0.25) is 0 Å². The van der Waals surface area contributed by atoms with Crippen molar-refractivity contribution in [3.63, 3.8) is 0 Å². The van der Waals surface area contributed by atoms with Crippen LogP contribution < -0.4 is 16.0 Å². The molecule has 0 spiro atoms. The van der Waals surface area contributed by atoms with E-state index in [1.54, 1.807) is 0 Å². The van der Waals surface area contributed by atoms with Crippen molar-refractivity contribution in [1.29, 1.82) is 0 Å². The molecular formula is C13H21N3. The highest BCUT2D eigenvalue weighted by Gasteiger charge is 2.07. The number of allylic oxidation sites excluding steroid dienone is 1. The molecule has 0 amide bonds. The molecule has 0 radical (unpaired) electrons. The van der Waals surface area contributed by atoms with E-state index in [0.29, 0.717) is 0 Å². The van der Waals surface area contributed by atoms with Gasteiger partial charge in [-0.2, -0.15) is 0 Å². The zero-order chi connectivity index (χ0) is 12.0. The van der Waals surface area contributed by atoms with Gasteiger partial charge in [0.25, 0.3) is 0 Å². The molecule has 0 fully saturated rings. The lowest BCUT2D eigenvalue weighted by atomic mass is 10.1. The van der Waals surface area contributed by atoms with Crippen molar-refractivity contribution >= 4 is 17.1 Å². The van der Waals surface area contributed by atoms with E-state index in [1.165, 1.54) is 5.56 Å². The van der Waals surface area contributed by atoms with E-state index in [9.17, 15) is 0 Å². The van der Waals surface area contributed by atoms with Gasteiger partial charge in [0.15, 0.2) is 0 Å². The second-order valence-electron chi connectivity index (χ2n) is 3.64. The summed E-state index contributed by atoms with van der Waals surface area (Å²) in [5.74, 6) is 0. The lowest BCUT2D eigenvalue weighted by Gasteiger charge is -2.16. The van der Waals surface area contributed by atoms with Gasteiger partial charge in [0, 0.05) is 21.1 Å². The molecule has 0 saturated heterocycles. The molecule has 1 aromatic carbocycles. The summed E-state index contributed by atoms with van der Waals surface area (Å²) < 4.78 is 0. The second-order valence-corrected chi connectivity index (χ2v) is 3.64. The average Bonchev–Trinajstić information content (AvgIpc) is 2.34. The van der Waals surface area contributed by atoms with Crippen molar-refractivity contribution < 1.29 is 0 Å². The summed E-state index contributed by atoms with van der Waals surface area (Å²) >= 11 is 0. The number of hydrogen-bond donors (Lipinski definition) is 3. The van der Waals surface area contributed by atoms with Crippen LogP contribution in [0.1, 0.15) is 12.0 Å². The molecule has 1 aromatic rings. The molecule has 0 unspecified atom stereocenters. The lowest BCUT2D eigenvalue weighted by Crippen LogP contribution is -2.03. The van der Waals surface area contributed by atoms with Crippen LogP contribution in [0.25, 0.3) is 0 Å². The summed E-state index contributed by atoms with van der Waals surface area (Å²) in [4.78, 5) is 0. The smallest absolute Gasteiger partial charge is 0.0808 e. The summed E-state index contributed by atoms with van der Waals surface area (Å²) in [7, 11) is 5.81. The monoisotopic (exact) mass is 219 g/mol. The highest BCUT2D eigenvalue weighted by Crippen LogP contribution is 2.32. The average molecular weight is 219 g/mol. The van der Waals surface area contributed by atoms with E-state index >= 15 is 0 Å². The van der Waals surface area contributed by atoms with Gasteiger partial charge in [0.05, 0.1) is 17.1 Å². The highest BCUT2D eigenvalue weighted by molar-refractivity contribution is 5.83. The molecule has 0 atom stereocenters. The Balaban J connectivity index is 3.09. The fraction of sp³-hybridized carbons (Fsp3) is 0.385. The zero-order valence-corrected chi connectivity index (χ0v) is 10.4. The molecule has 0 aliphatic heterocycles. The minimum Gasteiger partial charge on any atom is -0.386 e. The first-order chi connectivity index (χ1) is 7.76. The van der Waals surface area contributed by atoms with Crippen LogP contribution >= 0.6 is 0 Å². The second kappa shape index (κ2) is 6.05. The third-order valence-corrected chi connectivity index (χ3v) is 2.62. The number of aryl methyl sites for hydroxylation is 1. The van der Waals surface area contributed by atoms with Gasteiger partial charge in [0.1, 0.15) is 0 Å². The molecule has 3 nitrogen and oxygen atoms in total. The van der Waals surface area contributed by atoms with Gasteiger partial charge in [-0.25, -0.2) is 0 Å². The Labute approximate surface area is 97.9 Å². The van der Waals surface area contributed by atoms with E-state index in [1.807, 2.05) is 27.2 Å². The Bertz CT molecular complexity index is 333. The minimum atomic E-state index is 1.01. The maximum atomic E-state index is 3.75. The fourth-order valence-electron chi connectivity index (χ4n) is 1.78. The fourth-order valence-corrected chi connectivity index (χ4v) is 1.78. The van der Waals surface area contributed by atoms with E-state index in [4.69, 9.17) is 0 Å². The first-order valence-electron chi connectivity index (χ1n) is 5.57. The Morgan fingerprint density at radius 2 is 1.62 bits per heavy atom. The molecule has 16 heavy (non-hydrogen) atoms. The standard InChI is InChI=1S/C13H21N3/c1-5-6-7-10-8-11(14-2)13(16-4)12(9-10)15-3/h5,8-9,14-16H,1,6-7H2,2-4H3. The number of nitrogens with one attached hydrogen (secondary N) is 3. The molecule has 0 aliphatic rings. The molecule has 1 rings (SSSR count). The van der Waals surface area contributed by atoms with E-state index < -0.39 is 0 Å². The minimum absolute atomic E-state index is 1.01. The molecule has 0 aliphatic carbocycles. The SMILES string of the molecule is C=CCCc1cc(NC)c(NC)c(NC)c1. The van der Waals surface area contributed by atoms with Crippen LogP contribution in [0.3, 0.4) is 0 Å². The third kappa shape index (κ3) is 2.69. The normalized spacial score (nSPS) is 9.69. The summed E-state index contributed by atoms with van der Waals surface area (Å²) in [5, 5.41) is 9.62. The Kier molecular flexibility index (Phi) is 4.70. The highest BCUT2D eigenvalue weighted by atomic mass is 15.0. The maximum Gasteiger partial charge on any atom is 0.0808 e. The number of anilines is 3. The van der Waals surface area contributed by atoms with Crippen LogP contribution in [0.5, 0.6) is 0 Å². The summed E-state index contributed by atoms with van der Waals surface area (Å²) in [6.07, 6.45) is 3.98. The van der Waals surface area contributed by atoms with Gasteiger partial charge in [-0.3, -0.25) is 0 Å². The van der Waals surface area contributed by atoms with Crippen molar-refractivity contribution in [3.05, 3.63) is 30.4 Å². The largest absolute Gasteiger partial charge is 0.386 e. The molecule has 0 heterocycles. The predicted molar refractivity (Wildman–Crippen MR) is 73.6 cm³/mol. The van der Waals surface area contributed by atoms with Crippen LogP contribution in [0.4, 0.5) is 17.1 Å². The first kappa shape index (κ1) is 12.4. The van der Waals surface area contributed by atoms with Gasteiger partial charge >= 0.3 is 0 Å². The Morgan fingerprint density at radius 1 is 1.06 bits per heavy atom. The van der Waals surface area contributed by atoms with Gasteiger partial charge in [-0.05, 0) is 30.5 Å². The van der Waals surface area contributed by atoms with Crippen LogP contribution in [0.15, 0.2) is 24.8 Å². The maximum absolute atomic E-state index is 3.75. The molecule has 3 N–H and O–H groups in total. The van der Waals surface area contributed by atoms with Crippen LogP contribution in [0, 0.1) is 0 Å². The quantitative estimate of drug-likeness (QED) is 0.644. The van der Waals surface area contributed by atoms with Gasteiger partial charge in [0.2, 0.25) is 0 Å². The molecular weight excluding hydrogens is 198 g/mol. The Hall–Kier alpha value is -1.64. The summed E-state index contributed by atoms with van der Waals surface area (Å²) in [6.45, 7) is 3.75. The molecule has 0 saturated carbocycles. The van der Waals surface area contributed by atoms with E-state index in [-0.39, 0.29) is 0 Å². The van der Waals surface area contributed by atoms with Crippen LogP contribution in [-0.4, -0.2) is 21.1 Å². The van der Waals surface area contributed by atoms with E-state index in [0.717, 1.165) is 29.9 Å². The topological polar surface area (TPSA) is 36.1 Å². The molecule has 0 aromatic heterocycles. The van der Waals surface area contributed by atoms with Gasteiger partial charge in [-0.1, -0.05) is 6.08 Å². The summed E-state index contributed by atoms with van der Waals surface area (Å²) in [5.41, 5.74) is 4.65. The Morgan fingerprint density at radius 3 is 2.00 bits per heavy atom.